The van der Waals surface area contributed by atoms with Crippen LogP contribution in [0.4, 0.5) is 0 Å². The molecule has 2 N–H and O–H groups in total. The monoisotopic (exact) mass is 232 g/mol. The fourth-order valence-corrected chi connectivity index (χ4v) is 1.00. The Morgan fingerprint density at radius 1 is 1.40 bits per heavy atom. The van der Waals surface area contributed by atoms with Crippen molar-refractivity contribution in [1.29, 1.82) is 0 Å². The summed E-state index contributed by atoms with van der Waals surface area (Å²) in [6, 6.07) is 1.91. The Kier molecular flexibility index (Phi) is 3.35. The molecule has 0 amide bonds. The molecule has 2 aromatic rings. The maximum Gasteiger partial charge on any atom is 0.402 e. The van der Waals surface area contributed by atoms with Gasteiger partial charge in [0.2, 0.25) is 0 Å². The summed E-state index contributed by atoms with van der Waals surface area (Å²) >= 11 is 0. The number of nitrogens with zero attached hydrogens (tertiary/aromatic N) is 3. The molecule has 0 radical (unpaired) electrons. The van der Waals surface area contributed by atoms with Crippen molar-refractivity contribution in [3.05, 3.63) is 30.9 Å². The van der Waals surface area contributed by atoms with Crippen LogP contribution < -0.4 is 4.57 Å². The number of hydrogen-bond acceptors (Lipinski definition) is 3. The van der Waals surface area contributed by atoms with Crippen molar-refractivity contribution in [2.45, 2.75) is 0 Å². The van der Waals surface area contributed by atoms with E-state index in [1.54, 1.807) is 6.20 Å². The molecule has 0 saturated heterocycles. The van der Waals surface area contributed by atoms with Crippen LogP contribution in [0.2, 0.25) is 0 Å². The third-order valence-electron chi connectivity index (χ3n) is 1.52. The van der Waals surface area contributed by atoms with Crippen LogP contribution >= 0.6 is 0 Å². The highest BCUT2D eigenvalue weighted by Gasteiger charge is 2.02. The summed E-state index contributed by atoms with van der Waals surface area (Å²) in [5.74, 6) is 0.961. The number of aryl methyl sites for hydroxylation is 1. The molecule has 2 aromatic heterocycles. The van der Waals surface area contributed by atoms with Gasteiger partial charge in [0.1, 0.15) is 12.4 Å². The van der Waals surface area contributed by atoms with E-state index in [4.69, 9.17) is 17.5 Å². The normalized spacial score (nSPS) is 10.9. The third kappa shape index (κ3) is 4.02. The second-order valence-corrected chi connectivity index (χ2v) is 3.58. The lowest BCUT2D eigenvalue weighted by Crippen LogP contribution is -2.26. The number of imidazole rings is 1. The van der Waals surface area contributed by atoms with Crippen LogP contribution in [-0.2, 0) is 17.4 Å². The van der Waals surface area contributed by atoms with Gasteiger partial charge in [-0.25, -0.2) is 8.97 Å². The zero-order valence-electron chi connectivity index (χ0n) is 7.85. The topological polar surface area (TPSA) is 95.8 Å². The minimum Gasteiger partial charge on any atom is -0.264 e. The summed E-state index contributed by atoms with van der Waals surface area (Å²) in [7, 11) is -2.69. The van der Waals surface area contributed by atoms with E-state index in [0.29, 0.717) is 0 Å². The van der Waals surface area contributed by atoms with Crippen LogP contribution in [0.3, 0.4) is 0 Å². The zero-order valence-corrected chi connectivity index (χ0v) is 8.66. The van der Waals surface area contributed by atoms with Gasteiger partial charge in [0, 0.05) is 6.07 Å². The lowest BCUT2D eigenvalue weighted by Gasteiger charge is -1.82. The Morgan fingerprint density at radius 3 is 2.53 bits per heavy atom. The van der Waals surface area contributed by atoms with Crippen LogP contribution in [-0.4, -0.2) is 26.9 Å². The molecule has 0 aliphatic heterocycles. The summed E-state index contributed by atoms with van der Waals surface area (Å²) in [4.78, 5) is 4.17. The first-order chi connectivity index (χ1) is 6.88. The molecular formula is C7H10N3O4S+. The van der Waals surface area contributed by atoms with Gasteiger partial charge in [-0.2, -0.15) is 8.42 Å². The van der Waals surface area contributed by atoms with Gasteiger partial charge in [-0.3, -0.25) is 9.11 Å². The van der Waals surface area contributed by atoms with Gasteiger partial charge >= 0.3 is 16.2 Å². The van der Waals surface area contributed by atoms with Crippen LogP contribution in [0.1, 0.15) is 0 Å². The fraction of sp³-hybridized carbons (Fsp3) is 0.143. The van der Waals surface area contributed by atoms with Gasteiger partial charge in [0.05, 0.1) is 19.4 Å². The van der Waals surface area contributed by atoms with Crippen molar-refractivity contribution in [3.8, 4) is 0 Å². The Balaban J connectivity index is 0.000000195. The summed E-state index contributed by atoms with van der Waals surface area (Å²) in [5.41, 5.74) is 0. The van der Waals surface area contributed by atoms with Gasteiger partial charge in [-0.05, 0) is 0 Å². The van der Waals surface area contributed by atoms with Gasteiger partial charge in [-0.1, -0.05) is 4.98 Å². The van der Waals surface area contributed by atoms with Crippen LogP contribution in [0, 0.1) is 0 Å². The number of fused-ring (bicyclic) bond motifs is 1. The van der Waals surface area contributed by atoms with E-state index < -0.39 is 10.4 Å². The summed E-state index contributed by atoms with van der Waals surface area (Å²) in [6.07, 6.45) is 7.71. The highest BCUT2D eigenvalue weighted by Crippen LogP contribution is 1.89. The summed E-state index contributed by atoms with van der Waals surface area (Å²) in [5, 5.41) is 0. The van der Waals surface area contributed by atoms with Gasteiger partial charge in [-0.15, -0.1) is 0 Å². The van der Waals surface area contributed by atoms with Gasteiger partial charge < -0.3 is 0 Å². The van der Waals surface area contributed by atoms with E-state index in [2.05, 4.69) is 4.98 Å². The molecule has 82 valence electrons. The Hall–Kier alpha value is -1.51. The van der Waals surface area contributed by atoms with Crippen LogP contribution in [0.15, 0.2) is 30.9 Å². The predicted octanol–water partition coefficient (Wildman–Crippen LogP) is -0.494. The SMILES string of the molecule is C[n+]1ccn2cccnc21.O=S(=O)(O)O. The van der Waals surface area contributed by atoms with E-state index in [-0.39, 0.29) is 0 Å². The first kappa shape index (κ1) is 11.6. The molecule has 15 heavy (non-hydrogen) atoms. The fourth-order valence-electron chi connectivity index (χ4n) is 1.00. The molecule has 0 unspecified atom stereocenters. The minimum absolute atomic E-state index is 0.961. The van der Waals surface area contributed by atoms with Gasteiger partial charge in [0.15, 0.2) is 0 Å². The minimum atomic E-state index is -4.67. The number of aromatic nitrogens is 3. The maximum atomic E-state index is 8.74. The molecule has 0 aliphatic rings. The Labute approximate surface area is 86.2 Å². The van der Waals surface area contributed by atoms with Crippen molar-refractivity contribution in [3.63, 3.8) is 0 Å². The second kappa shape index (κ2) is 4.34. The lowest BCUT2D eigenvalue weighted by molar-refractivity contribution is -0.646. The Morgan fingerprint density at radius 2 is 2.00 bits per heavy atom. The zero-order chi connectivity index (χ0) is 11.5. The highest BCUT2D eigenvalue weighted by molar-refractivity contribution is 7.79. The second-order valence-electron chi connectivity index (χ2n) is 2.68. The average molecular weight is 232 g/mol. The molecule has 0 bridgehead atoms. The quantitative estimate of drug-likeness (QED) is 0.472. The lowest BCUT2D eigenvalue weighted by atomic mass is 10.7. The first-order valence-corrected chi connectivity index (χ1v) is 5.25. The molecule has 2 heterocycles. The van der Waals surface area contributed by atoms with Crippen molar-refractivity contribution in [1.82, 2.24) is 9.38 Å². The maximum absolute atomic E-state index is 8.74. The predicted molar refractivity (Wildman–Crippen MR) is 50.5 cm³/mol. The van der Waals surface area contributed by atoms with E-state index in [9.17, 15) is 0 Å². The molecular weight excluding hydrogens is 222 g/mol. The van der Waals surface area contributed by atoms with Crippen molar-refractivity contribution in [2.75, 3.05) is 0 Å². The van der Waals surface area contributed by atoms with Crippen molar-refractivity contribution >= 4 is 16.2 Å². The number of rotatable bonds is 0. The highest BCUT2D eigenvalue weighted by atomic mass is 32.3. The standard InChI is InChI=1S/C7H8N3.H2O4S/c1-9-5-6-10-4-2-3-8-7(9)10;1-5(2,3)4/h2-6H,1H3;(H2,1,2,3,4)/q+1;. The third-order valence-corrected chi connectivity index (χ3v) is 1.52. The largest absolute Gasteiger partial charge is 0.402 e. The molecule has 8 heteroatoms. The molecule has 0 saturated carbocycles. The smallest absolute Gasteiger partial charge is 0.264 e. The molecule has 7 nitrogen and oxygen atoms in total. The molecule has 0 aliphatic carbocycles. The summed E-state index contributed by atoms with van der Waals surface area (Å²) in [6.45, 7) is 0. The number of hydrogen-bond donors (Lipinski definition) is 2. The van der Waals surface area contributed by atoms with Crippen molar-refractivity contribution < 1.29 is 22.1 Å². The molecule has 0 aromatic carbocycles. The van der Waals surface area contributed by atoms with Crippen molar-refractivity contribution in [2.24, 2.45) is 7.05 Å². The summed E-state index contributed by atoms with van der Waals surface area (Å²) < 4.78 is 35.5. The van der Waals surface area contributed by atoms with E-state index in [0.717, 1.165) is 5.78 Å². The van der Waals surface area contributed by atoms with Crippen LogP contribution in [0.25, 0.3) is 5.78 Å². The molecule has 0 spiro atoms. The van der Waals surface area contributed by atoms with Crippen LogP contribution in [0.5, 0.6) is 0 Å². The van der Waals surface area contributed by atoms with E-state index >= 15 is 0 Å². The van der Waals surface area contributed by atoms with E-state index in [1.807, 2.05) is 40.7 Å². The molecule has 0 fully saturated rings. The average Bonchev–Trinajstić information content (AvgIpc) is 2.46. The Bertz CT molecular complexity index is 540. The first-order valence-electron chi connectivity index (χ1n) is 3.85. The molecule has 0 atom stereocenters. The van der Waals surface area contributed by atoms with E-state index in [1.165, 1.54) is 0 Å². The molecule has 2 rings (SSSR count). The van der Waals surface area contributed by atoms with Gasteiger partial charge in [0.25, 0.3) is 0 Å².